The molecule has 1 amide bonds. The Kier molecular flexibility index (Phi) is 6.20. The first-order valence-corrected chi connectivity index (χ1v) is 11.5. The van der Waals surface area contributed by atoms with E-state index in [0.717, 1.165) is 34.7 Å². The molecule has 4 aromatic rings. The molecule has 0 fully saturated rings. The number of amides is 1. The Morgan fingerprint density at radius 1 is 1.09 bits per heavy atom. The fraction of sp³-hybridized carbons (Fsp3) is 0.200. The lowest BCUT2D eigenvalue weighted by molar-refractivity contribution is 0.0734. The van der Waals surface area contributed by atoms with E-state index in [4.69, 9.17) is 17.3 Å². The molecule has 0 aliphatic heterocycles. The summed E-state index contributed by atoms with van der Waals surface area (Å²) in [5.41, 5.74) is 8.12. The lowest BCUT2D eigenvalue weighted by Gasteiger charge is -2.13. The van der Waals surface area contributed by atoms with Crippen LogP contribution in [0.4, 0.5) is 0 Å². The minimum Gasteiger partial charge on any atom is -0.384 e. The topological polar surface area (TPSA) is 81.1 Å². The molecule has 2 aromatic carbocycles. The smallest absolute Gasteiger partial charge is 0.248 e. The molecule has 32 heavy (non-hydrogen) atoms. The van der Waals surface area contributed by atoms with Crippen LogP contribution in [0.3, 0.4) is 0 Å². The number of thiophene rings is 1. The highest BCUT2D eigenvalue weighted by Crippen LogP contribution is 2.35. The maximum absolute atomic E-state index is 11.4. The second-order valence-corrected chi connectivity index (χ2v) is 9.74. The number of carbonyl (C=O) groups is 1. The fourth-order valence-electron chi connectivity index (χ4n) is 3.46. The van der Waals surface area contributed by atoms with E-state index in [9.17, 15) is 9.90 Å². The summed E-state index contributed by atoms with van der Waals surface area (Å²) in [6.07, 6.45) is 1.64. The van der Waals surface area contributed by atoms with Crippen molar-refractivity contribution in [3.63, 3.8) is 0 Å². The number of hydrogen-bond donors (Lipinski definition) is 2. The normalized spacial score (nSPS) is 11.6. The third-order valence-electron chi connectivity index (χ3n) is 5.20. The summed E-state index contributed by atoms with van der Waals surface area (Å²) in [6.45, 7) is 3.44. The Balaban J connectivity index is 1.64. The van der Waals surface area contributed by atoms with Gasteiger partial charge in [-0.1, -0.05) is 35.9 Å². The molecule has 0 bridgehead atoms. The molecule has 0 aliphatic rings. The van der Waals surface area contributed by atoms with Crippen molar-refractivity contribution in [2.24, 2.45) is 5.73 Å². The molecule has 0 saturated carbocycles. The predicted octanol–water partition coefficient (Wildman–Crippen LogP) is 5.37. The van der Waals surface area contributed by atoms with Crippen LogP contribution in [0, 0.1) is 0 Å². The Morgan fingerprint density at radius 2 is 1.88 bits per heavy atom. The number of para-hydroxylation sites is 1. The number of aryl methyl sites for hydroxylation is 2. The molecule has 0 unspecified atom stereocenters. The first-order chi connectivity index (χ1) is 15.2. The molecule has 2 aromatic heterocycles. The van der Waals surface area contributed by atoms with Crippen LogP contribution in [0.2, 0.25) is 5.02 Å². The molecule has 0 radical (unpaired) electrons. The standard InChI is InChI=1S/C25H24ClN3O2S/c1-25(2,31)23-15-21(29(28-23)20-9-4-3-8-19(20)26)22-13-12-18(32-22)11-10-16-6-5-7-17(14-16)24(27)30/h3-9,12-15,31H,10-11H2,1-2H3,(H2,27,30). The lowest BCUT2D eigenvalue weighted by atomic mass is 10.1. The van der Waals surface area contributed by atoms with Gasteiger partial charge in [0.25, 0.3) is 0 Å². The second-order valence-electron chi connectivity index (χ2n) is 8.17. The zero-order valence-electron chi connectivity index (χ0n) is 17.9. The number of carbonyl (C=O) groups excluding carboxylic acids is 1. The van der Waals surface area contributed by atoms with Crippen molar-refractivity contribution in [1.82, 2.24) is 9.78 Å². The van der Waals surface area contributed by atoms with Gasteiger partial charge in [-0.15, -0.1) is 11.3 Å². The van der Waals surface area contributed by atoms with Crippen molar-refractivity contribution >= 4 is 28.8 Å². The maximum atomic E-state index is 11.4. The summed E-state index contributed by atoms with van der Waals surface area (Å²) < 4.78 is 1.79. The van der Waals surface area contributed by atoms with Crippen LogP contribution in [0.1, 0.15) is 40.3 Å². The highest BCUT2D eigenvalue weighted by molar-refractivity contribution is 7.15. The van der Waals surface area contributed by atoms with E-state index in [1.165, 1.54) is 4.88 Å². The van der Waals surface area contributed by atoms with E-state index < -0.39 is 11.5 Å². The van der Waals surface area contributed by atoms with Gasteiger partial charge in [0, 0.05) is 10.4 Å². The van der Waals surface area contributed by atoms with Gasteiger partial charge in [-0.05, 0) is 74.7 Å². The van der Waals surface area contributed by atoms with Gasteiger partial charge < -0.3 is 10.8 Å². The minimum atomic E-state index is -1.08. The molecule has 0 spiro atoms. The molecule has 0 saturated heterocycles. The van der Waals surface area contributed by atoms with Gasteiger partial charge in [0.1, 0.15) is 5.60 Å². The van der Waals surface area contributed by atoms with Crippen molar-refractivity contribution in [3.05, 3.63) is 93.5 Å². The number of nitrogens with two attached hydrogens (primary N) is 1. The van der Waals surface area contributed by atoms with Crippen LogP contribution < -0.4 is 5.73 Å². The molecule has 0 atom stereocenters. The SMILES string of the molecule is CC(C)(O)c1cc(-c2ccc(CCc3cccc(C(N)=O)c3)s2)n(-c2ccccc2Cl)n1. The Bertz CT molecular complexity index is 1270. The van der Waals surface area contributed by atoms with Crippen LogP contribution in [-0.2, 0) is 18.4 Å². The van der Waals surface area contributed by atoms with Crippen molar-refractivity contribution in [2.45, 2.75) is 32.3 Å². The van der Waals surface area contributed by atoms with Crippen LogP contribution >= 0.6 is 22.9 Å². The second kappa shape index (κ2) is 8.90. The minimum absolute atomic E-state index is 0.416. The Labute approximate surface area is 196 Å². The summed E-state index contributed by atoms with van der Waals surface area (Å²) in [6, 6.07) is 21.0. The summed E-state index contributed by atoms with van der Waals surface area (Å²) in [4.78, 5) is 13.7. The molecule has 2 heterocycles. The van der Waals surface area contributed by atoms with Gasteiger partial charge in [-0.3, -0.25) is 4.79 Å². The summed E-state index contributed by atoms with van der Waals surface area (Å²) in [7, 11) is 0. The number of primary amides is 1. The summed E-state index contributed by atoms with van der Waals surface area (Å²) in [5, 5.41) is 15.8. The van der Waals surface area contributed by atoms with Crippen molar-refractivity contribution in [3.8, 4) is 16.3 Å². The number of benzene rings is 2. The van der Waals surface area contributed by atoms with Gasteiger partial charge in [0.15, 0.2) is 0 Å². The molecule has 3 N–H and O–H groups in total. The molecule has 7 heteroatoms. The number of hydrogen-bond acceptors (Lipinski definition) is 4. The molecule has 4 rings (SSSR count). The number of aliphatic hydroxyl groups is 1. The first-order valence-electron chi connectivity index (χ1n) is 10.3. The fourth-order valence-corrected chi connectivity index (χ4v) is 4.68. The molecular formula is C25H24ClN3O2S. The monoisotopic (exact) mass is 465 g/mol. The summed E-state index contributed by atoms with van der Waals surface area (Å²) >= 11 is 8.12. The Hall–Kier alpha value is -2.93. The first kappa shape index (κ1) is 22.3. The quantitative estimate of drug-likeness (QED) is 0.385. The Morgan fingerprint density at radius 3 is 2.59 bits per heavy atom. The number of aromatic nitrogens is 2. The van der Waals surface area contributed by atoms with E-state index in [2.05, 4.69) is 17.2 Å². The number of halogens is 1. The average Bonchev–Trinajstić information content (AvgIpc) is 3.40. The van der Waals surface area contributed by atoms with Gasteiger partial charge >= 0.3 is 0 Å². The van der Waals surface area contributed by atoms with Gasteiger partial charge in [0.2, 0.25) is 5.91 Å². The third kappa shape index (κ3) is 4.78. The predicted molar refractivity (Wildman–Crippen MR) is 129 cm³/mol. The van der Waals surface area contributed by atoms with E-state index in [0.29, 0.717) is 16.3 Å². The summed E-state index contributed by atoms with van der Waals surface area (Å²) in [5.74, 6) is -0.416. The molecular weight excluding hydrogens is 442 g/mol. The van der Waals surface area contributed by atoms with Crippen LogP contribution in [-0.4, -0.2) is 20.8 Å². The molecule has 0 aliphatic carbocycles. The third-order valence-corrected chi connectivity index (χ3v) is 6.69. The highest BCUT2D eigenvalue weighted by atomic mass is 35.5. The van der Waals surface area contributed by atoms with Crippen LogP contribution in [0.25, 0.3) is 16.3 Å². The van der Waals surface area contributed by atoms with Gasteiger partial charge in [-0.2, -0.15) is 5.10 Å². The van der Waals surface area contributed by atoms with Crippen molar-refractivity contribution < 1.29 is 9.90 Å². The van der Waals surface area contributed by atoms with Gasteiger partial charge in [-0.25, -0.2) is 4.68 Å². The highest BCUT2D eigenvalue weighted by Gasteiger charge is 2.24. The van der Waals surface area contributed by atoms with Gasteiger partial charge in [0.05, 0.1) is 27.0 Å². The van der Waals surface area contributed by atoms with E-state index in [1.807, 2.05) is 48.5 Å². The van der Waals surface area contributed by atoms with E-state index in [-0.39, 0.29) is 0 Å². The molecule has 5 nitrogen and oxygen atoms in total. The van der Waals surface area contributed by atoms with E-state index >= 15 is 0 Å². The van der Waals surface area contributed by atoms with Crippen molar-refractivity contribution in [2.75, 3.05) is 0 Å². The zero-order valence-corrected chi connectivity index (χ0v) is 19.5. The lowest BCUT2D eigenvalue weighted by Crippen LogP contribution is -2.16. The van der Waals surface area contributed by atoms with Crippen LogP contribution in [0.15, 0.2) is 66.7 Å². The number of rotatable bonds is 7. The zero-order chi connectivity index (χ0) is 22.9. The largest absolute Gasteiger partial charge is 0.384 e. The average molecular weight is 466 g/mol. The number of nitrogens with zero attached hydrogens (tertiary/aromatic N) is 2. The molecule has 164 valence electrons. The van der Waals surface area contributed by atoms with Crippen LogP contribution in [0.5, 0.6) is 0 Å². The van der Waals surface area contributed by atoms with E-state index in [1.54, 1.807) is 35.9 Å². The van der Waals surface area contributed by atoms with Crippen molar-refractivity contribution in [1.29, 1.82) is 0 Å². The maximum Gasteiger partial charge on any atom is 0.248 e.